The van der Waals surface area contributed by atoms with E-state index >= 15 is 0 Å². The average Bonchev–Trinajstić information content (AvgIpc) is 2.04. The summed E-state index contributed by atoms with van der Waals surface area (Å²) in [5.74, 6) is -2.97. The number of carboxylic acids is 2. The first kappa shape index (κ1) is 11.9. The number of carboxylic acid groups (broad SMARTS) is 2. The van der Waals surface area contributed by atoms with Crippen molar-refractivity contribution in [3.63, 3.8) is 0 Å². The Kier molecular flexibility index (Phi) is 5.01. The van der Waals surface area contributed by atoms with E-state index in [9.17, 15) is 9.59 Å². The number of aliphatic carboxylic acids is 2. The Morgan fingerprint density at radius 1 is 1.31 bits per heavy atom. The van der Waals surface area contributed by atoms with Crippen LogP contribution in [0, 0.1) is 6.92 Å². The van der Waals surface area contributed by atoms with Gasteiger partial charge in [-0.05, 0) is 13.0 Å². The summed E-state index contributed by atoms with van der Waals surface area (Å²) in [6.45, 7) is 3.67. The van der Waals surface area contributed by atoms with E-state index in [1.54, 1.807) is 0 Å². The van der Waals surface area contributed by atoms with E-state index in [-0.39, 0.29) is 6.54 Å². The molecule has 0 spiro atoms. The minimum Gasteiger partial charge on any atom is -0.480 e. The highest BCUT2D eigenvalue weighted by atomic mass is 16.4. The average molecular weight is 190 g/mol. The van der Waals surface area contributed by atoms with Crippen LogP contribution in [-0.2, 0) is 9.59 Å². The van der Waals surface area contributed by atoms with Crippen LogP contribution < -0.4 is 5.32 Å². The monoisotopic (exact) mass is 190 g/mol. The molecule has 0 saturated heterocycles. The Morgan fingerprint density at radius 3 is 2.15 bits per heavy atom. The fourth-order valence-electron chi connectivity index (χ4n) is 0.734. The molecule has 0 saturated carbocycles. The molecule has 0 aromatic heterocycles. The van der Waals surface area contributed by atoms with Gasteiger partial charge >= 0.3 is 11.9 Å². The Labute approximate surface area is 75.2 Å². The zero-order chi connectivity index (χ0) is 10.4. The maximum Gasteiger partial charge on any atom is 0.334 e. The van der Waals surface area contributed by atoms with Crippen LogP contribution in [0.3, 0.4) is 0 Å². The van der Waals surface area contributed by atoms with Gasteiger partial charge in [-0.2, -0.15) is 0 Å². The quantitative estimate of drug-likeness (QED) is 0.414. The van der Waals surface area contributed by atoms with Crippen molar-refractivity contribution in [2.45, 2.75) is 18.6 Å². The van der Waals surface area contributed by atoms with Crippen LogP contribution in [0.4, 0.5) is 0 Å². The third kappa shape index (κ3) is 3.86. The predicted molar refractivity (Wildman–Crippen MR) is 43.0 cm³/mol. The molecule has 6 heteroatoms. The molecule has 1 radical (unpaired) electrons. The Morgan fingerprint density at radius 2 is 1.85 bits per heavy atom. The first-order valence-electron chi connectivity index (χ1n) is 3.67. The second kappa shape index (κ2) is 5.50. The fraction of sp³-hybridized carbons (Fsp3) is 0.571. The lowest BCUT2D eigenvalue weighted by atomic mass is 10.1. The van der Waals surface area contributed by atoms with Crippen LogP contribution in [0.1, 0.15) is 6.42 Å². The topological polar surface area (TPSA) is 107 Å². The number of aliphatic hydroxyl groups is 1. The molecule has 0 rings (SSSR count). The highest BCUT2D eigenvalue weighted by Gasteiger charge is 2.30. The summed E-state index contributed by atoms with van der Waals surface area (Å²) >= 11 is 0. The van der Waals surface area contributed by atoms with Gasteiger partial charge in [-0.15, -0.1) is 0 Å². The maximum atomic E-state index is 10.4. The minimum absolute atomic E-state index is 0.237. The molecule has 0 aromatic carbocycles. The molecule has 0 heterocycles. The van der Waals surface area contributed by atoms with Gasteiger partial charge in [0.25, 0.3) is 0 Å². The van der Waals surface area contributed by atoms with Crippen molar-refractivity contribution in [3.8, 4) is 0 Å². The normalized spacial score (nSPS) is 14.9. The second-order valence-electron chi connectivity index (χ2n) is 2.41. The van der Waals surface area contributed by atoms with Crippen molar-refractivity contribution in [3.05, 3.63) is 6.92 Å². The third-order valence-electron chi connectivity index (χ3n) is 1.38. The summed E-state index contributed by atoms with van der Waals surface area (Å²) in [5.41, 5.74) is 0. The zero-order valence-corrected chi connectivity index (χ0v) is 6.93. The number of nitrogens with one attached hydrogen (secondary N) is 1. The molecular weight excluding hydrogens is 178 g/mol. The number of aliphatic hydroxyl groups excluding tert-OH is 1. The van der Waals surface area contributed by atoms with E-state index in [4.69, 9.17) is 15.3 Å². The lowest BCUT2D eigenvalue weighted by Gasteiger charge is -2.16. The summed E-state index contributed by atoms with van der Waals surface area (Å²) < 4.78 is 0. The van der Waals surface area contributed by atoms with Crippen molar-refractivity contribution in [2.75, 3.05) is 6.54 Å². The van der Waals surface area contributed by atoms with E-state index in [1.807, 2.05) is 0 Å². The first-order valence-corrected chi connectivity index (χ1v) is 3.67. The van der Waals surface area contributed by atoms with Gasteiger partial charge in [-0.3, -0.25) is 4.79 Å². The molecule has 4 N–H and O–H groups in total. The van der Waals surface area contributed by atoms with Crippen LogP contribution >= 0.6 is 0 Å². The summed E-state index contributed by atoms with van der Waals surface area (Å²) in [7, 11) is 0. The molecule has 0 aromatic rings. The second-order valence-corrected chi connectivity index (χ2v) is 2.41. The van der Waals surface area contributed by atoms with Crippen LogP contribution in [-0.4, -0.2) is 45.9 Å². The van der Waals surface area contributed by atoms with E-state index in [2.05, 4.69) is 12.2 Å². The highest BCUT2D eigenvalue weighted by molar-refractivity contribution is 5.84. The van der Waals surface area contributed by atoms with E-state index in [0.717, 1.165) is 0 Å². The molecule has 0 amide bonds. The van der Waals surface area contributed by atoms with Crippen molar-refractivity contribution in [2.24, 2.45) is 0 Å². The number of hydrogen-bond donors (Lipinski definition) is 4. The van der Waals surface area contributed by atoms with Gasteiger partial charge in [0.15, 0.2) is 6.10 Å². The molecule has 2 unspecified atom stereocenters. The van der Waals surface area contributed by atoms with Gasteiger partial charge in [0, 0.05) is 0 Å². The molecule has 0 aliphatic heterocycles. The fourth-order valence-corrected chi connectivity index (χ4v) is 0.734. The van der Waals surface area contributed by atoms with E-state index < -0.39 is 24.1 Å². The van der Waals surface area contributed by atoms with Crippen molar-refractivity contribution in [1.29, 1.82) is 0 Å². The largest absolute Gasteiger partial charge is 0.480 e. The Hall–Kier alpha value is -1.14. The summed E-state index contributed by atoms with van der Waals surface area (Å²) in [5, 5.41) is 28.1. The number of rotatable bonds is 6. The number of hydrogen-bond acceptors (Lipinski definition) is 4. The van der Waals surface area contributed by atoms with Crippen molar-refractivity contribution < 1.29 is 24.9 Å². The molecule has 13 heavy (non-hydrogen) atoms. The first-order chi connectivity index (χ1) is 6.00. The van der Waals surface area contributed by atoms with Crippen LogP contribution in [0.15, 0.2) is 0 Å². The van der Waals surface area contributed by atoms with Gasteiger partial charge in [0.1, 0.15) is 6.04 Å². The molecule has 0 bridgehead atoms. The van der Waals surface area contributed by atoms with Gasteiger partial charge in [0.05, 0.1) is 0 Å². The minimum atomic E-state index is -1.94. The van der Waals surface area contributed by atoms with Crippen LogP contribution in [0.5, 0.6) is 0 Å². The maximum absolute atomic E-state index is 10.4. The van der Waals surface area contributed by atoms with Crippen molar-refractivity contribution >= 4 is 11.9 Å². The summed E-state index contributed by atoms with van der Waals surface area (Å²) in [6, 6.07) is -1.49. The molecular formula is C7H12NO5. The highest BCUT2D eigenvalue weighted by Crippen LogP contribution is 1.94. The van der Waals surface area contributed by atoms with Gasteiger partial charge < -0.3 is 20.6 Å². The predicted octanol–water partition coefficient (Wildman–Crippen LogP) is -1.30. The molecule has 0 aliphatic rings. The Balaban J connectivity index is 4.24. The Bertz CT molecular complexity index is 193. The molecule has 0 aliphatic carbocycles. The summed E-state index contributed by atoms with van der Waals surface area (Å²) in [6.07, 6.45) is -1.53. The van der Waals surface area contributed by atoms with E-state index in [1.165, 1.54) is 0 Å². The van der Waals surface area contributed by atoms with Gasteiger partial charge in [-0.25, -0.2) is 4.79 Å². The van der Waals surface area contributed by atoms with Crippen LogP contribution in [0.25, 0.3) is 0 Å². The third-order valence-corrected chi connectivity index (χ3v) is 1.38. The van der Waals surface area contributed by atoms with E-state index in [0.29, 0.717) is 6.42 Å². The molecule has 75 valence electrons. The molecule has 6 nitrogen and oxygen atoms in total. The molecule has 2 atom stereocenters. The SMILES string of the molecule is [CH2]CCNC(C(=O)O)C(O)C(=O)O. The lowest BCUT2D eigenvalue weighted by Crippen LogP contribution is -2.49. The summed E-state index contributed by atoms with van der Waals surface area (Å²) in [4.78, 5) is 20.7. The lowest BCUT2D eigenvalue weighted by molar-refractivity contribution is -0.156. The van der Waals surface area contributed by atoms with Crippen LogP contribution in [0.2, 0.25) is 0 Å². The standard InChI is InChI=1S/C7H12NO5/c1-2-3-8-4(6(10)11)5(9)7(12)13/h4-5,8-9H,1-3H2,(H,10,11)(H,12,13). The van der Waals surface area contributed by atoms with Gasteiger partial charge in [-0.1, -0.05) is 6.92 Å². The zero-order valence-electron chi connectivity index (χ0n) is 6.93. The van der Waals surface area contributed by atoms with Gasteiger partial charge in [0.2, 0.25) is 0 Å². The van der Waals surface area contributed by atoms with Crippen molar-refractivity contribution in [1.82, 2.24) is 5.32 Å². The smallest absolute Gasteiger partial charge is 0.334 e. The number of carbonyl (C=O) groups is 2. The molecule has 0 fully saturated rings.